The van der Waals surface area contributed by atoms with Crippen LogP contribution in [0.1, 0.15) is 12.0 Å². The van der Waals surface area contributed by atoms with E-state index in [0.29, 0.717) is 11.7 Å². The van der Waals surface area contributed by atoms with E-state index in [2.05, 4.69) is 27.3 Å². The van der Waals surface area contributed by atoms with E-state index >= 15 is 0 Å². The minimum atomic E-state index is 0.482. The SMILES string of the molecule is C=CCNC(=S)NN=C(C=Cc1ccc(OC)cc1)CCN(C)C. The average molecular weight is 347 g/mol. The first-order valence-electron chi connectivity index (χ1n) is 7.73. The summed E-state index contributed by atoms with van der Waals surface area (Å²) in [6, 6.07) is 7.87. The van der Waals surface area contributed by atoms with E-state index in [1.807, 2.05) is 50.5 Å². The lowest BCUT2D eigenvalue weighted by molar-refractivity contribution is 0.415. The van der Waals surface area contributed by atoms with Crippen LogP contribution >= 0.6 is 12.2 Å². The van der Waals surface area contributed by atoms with Gasteiger partial charge in [-0.05, 0) is 50.1 Å². The summed E-state index contributed by atoms with van der Waals surface area (Å²) in [5.74, 6) is 0.842. The first-order chi connectivity index (χ1) is 11.5. The monoisotopic (exact) mass is 346 g/mol. The second-order valence-electron chi connectivity index (χ2n) is 5.37. The molecule has 0 aliphatic heterocycles. The molecule has 0 heterocycles. The van der Waals surface area contributed by atoms with Crippen LogP contribution in [0.5, 0.6) is 5.75 Å². The lowest BCUT2D eigenvalue weighted by Crippen LogP contribution is -2.32. The van der Waals surface area contributed by atoms with Crippen molar-refractivity contribution < 1.29 is 4.74 Å². The molecule has 0 aliphatic rings. The minimum Gasteiger partial charge on any atom is -0.497 e. The van der Waals surface area contributed by atoms with Crippen LogP contribution in [-0.2, 0) is 0 Å². The van der Waals surface area contributed by atoms with Gasteiger partial charge in [-0.3, -0.25) is 5.43 Å². The van der Waals surface area contributed by atoms with Crippen molar-refractivity contribution in [2.45, 2.75) is 6.42 Å². The zero-order chi connectivity index (χ0) is 17.8. The Morgan fingerprint density at radius 1 is 1.33 bits per heavy atom. The van der Waals surface area contributed by atoms with Crippen molar-refractivity contribution in [3.8, 4) is 5.75 Å². The number of nitrogens with one attached hydrogen (secondary N) is 2. The van der Waals surface area contributed by atoms with Crippen LogP contribution in [0.25, 0.3) is 6.08 Å². The van der Waals surface area contributed by atoms with Crippen LogP contribution < -0.4 is 15.5 Å². The topological polar surface area (TPSA) is 48.9 Å². The van der Waals surface area contributed by atoms with Crippen molar-refractivity contribution in [3.63, 3.8) is 0 Å². The quantitative estimate of drug-likeness (QED) is 0.312. The number of methoxy groups -OCH3 is 1. The van der Waals surface area contributed by atoms with E-state index in [1.54, 1.807) is 13.2 Å². The highest BCUT2D eigenvalue weighted by Gasteiger charge is 1.99. The van der Waals surface area contributed by atoms with Crippen molar-refractivity contribution in [3.05, 3.63) is 48.6 Å². The summed E-state index contributed by atoms with van der Waals surface area (Å²) in [6.07, 6.45) is 6.58. The van der Waals surface area contributed by atoms with Crippen LogP contribution in [0.15, 0.2) is 48.1 Å². The third kappa shape index (κ3) is 8.45. The van der Waals surface area contributed by atoms with Gasteiger partial charge < -0.3 is 15.0 Å². The highest BCUT2D eigenvalue weighted by molar-refractivity contribution is 7.80. The zero-order valence-corrected chi connectivity index (χ0v) is 15.4. The van der Waals surface area contributed by atoms with Gasteiger partial charge in [0.05, 0.1) is 12.8 Å². The molecular formula is C18H26N4OS. The molecule has 130 valence electrons. The van der Waals surface area contributed by atoms with Crippen molar-refractivity contribution in [1.82, 2.24) is 15.6 Å². The second-order valence-corrected chi connectivity index (χ2v) is 5.78. The maximum atomic E-state index is 5.17. The van der Waals surface area contributed by atoms with Crippen LogP contribution in [0.2, 0.25) is 0 Å². The molecule has 0 radical (unpaired) electrons. The normalized spacial score (nSPS) is 11.6. The van der Waals surface area contributed by atoms with Gasteiger partial charge in [0, 0.05) is 19.5 Å². The van der Waals surface area contributed by atoms with Gasteiger partial charge in [-0.1, -0.05) is 24.3 Å². The molecule has 0 saturated carbocycles. The first kappa shape index (κ1) is 19.9. The fourth-order valence-electron chi connectivity index (χ4n) is 1.75. The van der Waals surface area contributed by atoms with Gasteiger partial charge in [0.2, 0.25) is 0 Å². The Morgan fingerprint density at radius 3 is 2.62 bits per heavy atom. The highest BCUT2D eigenvalue weighted by Crippen LogP contribution is 2.12. The predicted octanol–water partition coefficient (Wildman–Crippen LogP) is 2.67. The lowest BCUT2D eigenvalue weighted by atomic mass is 10.1. The Bertz CT molecular complexity index is 579. The molecule has 0 amide bonds. The van der Waals surface area contributed by atoms with E-state index in [9.17, 15) is 0 Å². The lowest BCUT2D eigenvalue weighted by Gasteiger charge is -2.10. The summed E-state index contributed by atoms with van der Waals surface area (Å²) >= 11 is 5.15. The van der Waals surface area contributed by atoms with Crippen molar-refractivity contribution in [2.24, 2.45) is 5.10 Å². The molecule has 0 fully saturated rings. The number of rotatable bonds is 9. The summed E-state index contributed by atoms with van der Waals surface area (Å²) in [5.41, 5.74) is 4.87. The molecular weight excluding hydrogens is 320 g/mol. The molecule has 0 unspecified atom stereocenters. The highest BCUT2D eigenvalue weighted by atomic mass is 32.1. The Labute approximate surface area is 150 Å². The molecule has 2 N–H and O–H groups in total. The number of hydrazone groups is 1. The maximum Gasteiger partial charge on any atom is 0.187 e. The Kier molecular flexibility index (Phi) is 9.41. The van der Waals surface area contributed by atoms with Gasteiger partial charge >= 0.3 is 0 Å². The van der Waals surface area contributed by atoms with Crippen molar-refractivity contribution in [1.29, 1.82) is 0 Å². The molecule has 5 nitrogen and oxygen atoms in total. The summed E-state index contributed by atoms with van der Waals surface area (Å²) in [5, 5.41) is 7.86. The molecule has 0 aromatic heterocycles. The predicted molar refractivity (Wildman–Crippen MR) is 107 cm³/mol. The van der Waals surface area contributed by atoms with Crippen LogP contribution in [0.3, 0.4) is 0 Å². The number of allylic oxidation sites excluding steroid dienone is 1. The van der Waals surface area contributed by atoms with Gasteiger partial charge in [-0.15, -0.1) is 6.58 Å². The smallest absolute Gasteiger partial charge is 0.187 e. The first-order valence-corrected chi connectivity index (χ1v) is 8.14. The summed E-state index contributed by atoms with van der Waals surface area (Å²) in [7, 11) is 5.73. The maximum absolute atomic E-state index is 5.17. The van der Waals surface area contributed by atoms with Crippen molar-refractivity contribution >= 4 is 29.1 Å². The van der Waals surface area contributed by atoms with E-state index in [0.717, 1.165) is 30.0 Å². The van der Waals surface area contributed by atoms with Gasteiger partial charge in [0.15, 0.2) is 5.11 Å². The summed E-state index contributed by atoms with van der Waals surface area (Å²) in [6.45, 7) is 5.15. The number of benzene rings is 1. The third-order valence-corrected chi connectivity index (χ3v) is 3.34. The largest absolute Gasteiger partial charge is 0.497 e. The molecule has 1 aromatic rings. The number of hydrogen-bond donors (Lipinski definition) is 2. The molecule has 0 aliphatic carbocycles. The van der Waals surface area contributed by atoms with Gasteiger partial charge in [0.1, 0.15) is 5.75 Å². The Balaban J connectivity index is 2.73. The van der Waals surface area contributed by atoms with Gasteiger partial charge in [-0.2, -0.15) is 5.10 Å². The van der Waals surface area contributed by atoms with E-state index in [1.165, 1.54) is 0 Å². The molecule has 0 bridgehead atoms. The number of hydrogen-bond acceptors (Lipinski definition) is 4. The van der Waals surface area contributed by atoms with E-state index in [4.69, 9.17) is 17.0 Å². The Morgan fingerprint density at radius 2 is 2.04 bits per heavy atom. The number of ether oxygens (including phenoxy) is 1. The van der Waals surface area contributed by atoms with Crippen LogP contribution in [0, 0.1) is 0 Å². The zero-order valence-electron chi connectivity index (χ0n) is 14.6. The second kappa shape index (κ2) is 11.4. The Hall–Kier alpha value is -2.18. The third-order valence-electron chi connectivity index (χ3n) is 3.11. The standard InChI is InChI=1S/C18H26N4OS/c1-5-13-19-18(24)21-20-16(12-14-22(2)3)9-6-15-7-10-17(23-4)11-8-15/h5-11H,1,12-14H2,2-4H3,(H2,19,21,24). The molecule has 1 aromatic carbocycles. The fraction of sp³-hybridized carbons (Fsp3) is 0.333. The number of nitrogens with zero attached hydrogens (tertiary/aromatic N) is 2. The van der Waals surface area contributed by atoms with E-state index < -0.39 is 0 Å². The minimum absolute atomic E-state index is 0.482. The van der Waals surface area contributed by atoms with Crippen LogP contribution in [0.4, 0.5) is 0 Å². The fourth-order valence-corrected chi connectivity index (χ4v) is 1.88. The van der Waals surface area contributed by atoms with Gasteiger partial charge in [0.25, 0.3) is 0 Å². The molecule has 24 heavy (non-hydrogen) atoms. The summed E-state index contributed by atoms with van der Waals surface area (Å²) < 4.78 is 5.17. The van der Waals surface area contributed by atoms with Crippen LogP contribution in [-0.4, -0.2) is 50.0 Å². The van der Waals surface area contributed by atoms with Crippen molar-refractivity contribution in [2.75, 3.05) is 34.3 Å². The average Bonchev–Trinajstić information content (AvgIpc) is 2.59. The molecule has 1 rings (SSSR count). The molecule has 6 heteroatoms. The molecule has 0 atom stereocenters. The molecule has 0 saturated heterocycles. The molecule has 0 spiro atoms. The number of thiocarbonyl (C=S) groups is 1. The van der Waals surface area contributed by atoms with E-state index in [-0.39, 0.29) is 0 Å². The van der Waals surface area contributed by atoms with Gasteiger partial charge in [-0.25, -0.2) is 0 Å². The summed E-state index contributed by atoms with van der Waals surface area (Å²) in [4.78, 5) is 2.12.